The highest BCUT2D eigenvalue weighted by atomic mass is 33.1. The van der Waals surface area contributed by atoms with Gasteiger partial charge >= 0.3 is 0 Å². The van der Waals surface area contributed by atoms with E-state index in [4.69, 9.17) is 0 Å². The molecule has 2 heterocycles. The standard InChI is InChI=1S/C42H56N6O2S2/c1-43-29-21-35(22-30-43)17-19-37-13-7-9-15-39(37)45(3)25-11-27-47(5)41(49)33-51-52-34-42(50)48(6)28-12-26-46(4)40-16-10-8-14-38(40)20-18-36-23-31-44(2)32-24-36/h7,9-10,13,15-24,29-32H,8,11-12,14,25-28,33-34H2,1-6H3/q+2. The first-order chi connectivity index (χ1) is 25.1. The quantitative estimate of drug-likeness (QED) is 0.0822. The van der Waals surface area contributed by atoms with Crippen LogP contribution in [0.2, 0.25) is 0 Å². The Labute approximate surface area is 319 Å². The zero-order valence-electron chi connectivity index (χ0n) is 31.8. The third kappa shape index (κ3) is 13.4. The monoisotopic (exact) mass is 740 g/mol. The molecule has 4 rings (SSSR count). The number of carbonyl (C=O) groups excluding carboxylic acids is 2. The molecule has 0 unspecified atom stereocenters. The van der Waals surface area contributed by atoms with Crippen LogP contribution in [0.1, 0.15) is 42.4 Å². The molecule has 1 aromatic carbocycles. The van der Waals surface area contributed by atoms with Crippen molar-refractivity contribution in [3.8, 4) is 0 Å². The second-order valence-corrected chi connectivity index (χ2v) is 15.8. The minimum Gasteiger partial charge on any atom is -0.374 e. The van der Waals surface area contributed by atoms with Gasteiger partial charge in [0.25, 0.3) is 0 Å². The number of amides is 2. The summed E-state index contributed by atoms with van der Waals surface area (Å²) in [5, 5.41) is 0. The van der Waals surface area contributed by atoms with Crippen molar-refractivity contribution in [2.75, 3.05) is 70.8 Å². The highest BCUT2D eigenvalue weighted by molar-refractivity contribution is 8.77. The molecule has 0 saturated heterocycles. The minimum absolute atomic E-state index is 0.0849. The minimum atomic E-state index is 0.0849. The molecule has 2 aromatic heterocycles. The third-order valence-electron chi connectivity index (χ3n) is 9.16. The van der Waals surface area contributed by atoms with Gasteiger partial charge in [-0.05, 0) is 60.1 Å². The van der Waals surface area contributed by atoms with Crippen LogP contribution in [0.3, 0.4) is 0 Å². The van der Waals surface area contributed by atoms with Gasteiger partial charge < -0.3 is 19.6 Å². The molecule has 0 fully saturated rings. The SMILES string of the molecule is CN(CCCN(C)C1=C(/C=C/c2cc[n+](C)cc2)CCC=C1)C(=O)CSSCC(=O)N(C)CCCN(C)c1ccccc1/C=C/c1cc[n+](C)cc1. The predicted octanol–water partition coefficient (Wildman–Crippen LogP) is 6.27. The van der Waals surface area contributed by atoms with E-state index in [9.17, 15) is 9.59 Å². The molecule has 0 atom stereocenters. The van der Waals surface area contributed by atoms with E-state index in [0.717, 1.165) is 55.6 Å². The summed E-state index contributed by atoms with van der Waals surface area (Å²) in [6.45, 7) is 3.08. The van der Waals surface area contributed by atoms with E-state index >= 15 is 0 Å². The number of nitrogens with zero attached hydrogens (tertiary/aromatic N) is 6. The average Bonchev–Trinajstić information content (AvgIpc) is 3.15. The van der Waals surface area contributed by atoms with Crippen molar-refractivity contribution in [1.82, 2.24) is 14.7 Å². The zero-order valence-corrected chi connectivity index (χ0v) is 33.4. The van der Waals surface area contributed by atoms with Gasteiger partial charge in [0, 0.05) is 90.0 Å². The molecule has 2 amide bonds. The number of hydrogen-bond donors (Lipinski definition) is 0. The Bertz CT molecular complexity index is 1720. The second-order valence-electron chi connectivity index (χ2n) is 13.4. The van der Waals surface area contributed by atoms with Crippen LogP contribution in [-0.2, 0) is 23.7 Å². The van der Waals surface area contributed by atoms with Gasteiger partial charge in [0.15, 0.2) is 24.8 Å². The van der Waals surface area contributed by atoms with Crippen molar-refractivity contribution in [2.45, 2.75) is 25.7 Å². The lowest BCUT2D eigenvalue weighted by Crippen LogP contribution is -2.32. The van der Waals surface area contributed by atoms with E-state index in [1.807, 2.05) is 54.6 Å². The fraction of sp³-hybridized carbons (Fsp3) is 0.381. The number of rotatable bonds is 19. The first-order valence-electron chi connectivity index (χ1n) is 18.0. The maximum Gasteiger partial charge on any atom is 0.233 e. The number of anilines is 1. The highest BCUT2D eigenvalue weighted by Gasteiger charge is 2.15. The first kappa shape index (κ1) is 40.5. The van der Waals surface area contributed by atoms with Crippen LogP contribution in [0.25, 0.3) is 18.2 Å². The number of carbonyl (C=O) groups is 2. The molecule has 1 aliphatic rings. The van der Waals surface area contributed by atoms with Gasteiger partial charge in [0.2, 0.25) is 11.8 Å². The van der Waals surface area contributed by atoms with E-state index in [1.165, 1.54) is 38.4 Å². The number of hydrogen-bond acceptors (Lipinski definition) is 6. The second kappa shape index (κ2) is 21.3. The van der Waals surface area contributed by atoms with Crippen LogP contribution in [0, 0.1) is 0 Å². The normalized spacial score (nSPS) is 12.9. The average molecular weight is 741 g/mol. The van der Waals surface area contributed by atoms with Crippen LogP contribution >= 0.6 is 21.6 Å². The van der Waals surface area contributed by atoms with Crippen LogP contribution in [0.15, 0.2) is 103 Å². The summed E-state index contributed by atoms with van der Waals surface area (Å²) in [7, 11) is 14.9. The number of para-hydroxylation sites is 1. The third-order valence-corrected chi connectivity index (χ3v) is 11.3. The molecule has 1 aliphatic carbocycles. The maximum atomic E-state index is 12.8. The Morgan fingerprint density at radius 3 is 1.77 bits per heavy atom. The van der Waals surface area contributed by atoms with Crippen molar-refractivity contribution in [3.05, 3.63) is 120 Å². The Kier molecular flexibility index (Phi) is 16.6. The van der Waals surface area contributed by atoms with Crippen LogP contribution in [-0.4, -0.2) is 92.4 Å². The predicted molar refractivity (Wildman–Crippen MR) is 220 cm³/mol. The van der Waals surface area contributed by atoms with Crippen molar-refractivity contribution in [2.24, 2.45) is 14.1 Å². The molecule has 3 aromatic rings. The maximum absolute atomic E-state index is 12.8. The lowest BCUT2D eigenvalue weighted by molar-refractivity contribution is -0.671. The number of allylic oxidation sites excluding steroid dienone is 4. The molecule has 0 bridgehead atoms. The van der Waals surface area contributed by atoms with Gasteiger partial charge in [0.05, 0.1) is 11.5 Å². The van der Waals surface area contributed by atoms with Crippen LogP contribution in [0.4, 0.5) is 5.69 Å². The van der Waals surface area contributed by atoms with E-state index < -0.39 is 0 Å². The number of pyridine rings is 2. The highest BCUT2D eigenvalue weighted by Crippen LogP contribution is 2.25. The molecule has 276 valence electrons. The largest absolute Gasteiger partial charge is 0.374 e. The summed E-state index contributed by atoms with van der Waals surface area (Å²) in [5.41, 5.74) is 7.26. The first-order valence-corrected chi connectivity index (χ1v) is 20.5. The molecule has 0 radical (unpaired) electrons. The molecular formula is C42H56N6O2S2+2. The van der Waals surface area contributed by atoms with E-state index in [-0.39, 0.29) is 11.8 Å². The van der Waals surface area contributed by atoms with E-state index in [2.05, 4.69) is 121 Å². The smallest absolute Gasteiger partial charge is 0.233 e. The fourth-order valence-corrected chi connectivity index (χ4v) is 7.72. The Morgan fingerprint density at radius 1 is 0.673 bits per heavy atom. The lowest BCUT2D eigenvalue weighted by Gasteiger charge is -2.26. The fourth-order valence-electron chi connectivity index (χ4n) is 5.80. The number of benzene rings is 1. The number of aromatic nitrogens is 2. The molecule has 10 heteroatoms. The Hall–Kier alpha value is -4.28. The topological polar surface area (TPSA) is 54.9 Å². The molecular weight excluding hydrogens is 685 g/mol. The number of aryl methyl sites for hydroxylation is 2. The summed E-state index contributed by atoms with van der Waals surface area (Å²) >= 11 is 0. The van der Waals surface area contributed by atoms with Crippen molar-refractivity contribution in [1.29, 1.82) is 0 Å². The van der Waals surface area contributed by atoms with E-state index in [0.29, 0.717) is 24.6 Å². The molecule has 52 heavy (non-hydrogen) atoms. The number of likely N-dealkylation sites (N-methyl/N-ethyl adjacent to an activating group) is 1. The van der Waals surface area contributed by atoms with Gasteiger partial charge in [-0.25, -0.2) is 9.13 Å². The van der Waals surface area contributed by atoms with Gasteiger partial charge in [-0.3, -0.25) is 9.59 Å². The van der Waals surface area contributed by atoms with Crippen molar-refractivity contribution < 1.29 is 18.7 Å². The van der Waals surface area contributed by atoms with Gasteiger partial charge in [0.1, 0.15) is 14.1 Å². The molecule has 0 N–H and O–H groups in total. The summed E-state index contributed by atoms with van der Waals surface area (Å²) in [6.07, 6.45) is 25.2. The zero-order chi connectivity index (χ0) is 37.3. The van der Waals surface area contributed by atoms with E-state index in [1.54, 1.807) is 4.90 Å². The van der Waals surface area contributed by atoms with Crippen LogP contribution < -0.4 is 14.0 Å². The van der Waals surface area contributed by atoms with Gasteiger partial charge in [-0.2, -0.15) is 0 Å². The molecule has 0 saturated carbocycles. The summed E-state index contributed by atoms with van der Waals surface area (Å²) in [5.74, 6) is 0.887. The van der Waals surface area contributed by atoms with Gasteiger partial charge in [-0.15, -0.1) is 0 Å². The van der Waals surface area contributed by atoms with Crippen molar-refractivity contribution >= 4 is 57.3 Å². The molecule has 0 spiro atoms. The van der Waals surface area contributed by atoms with Crippen LogP contribution in [0.5, 0.6) is 0 Å². The summed E-state index contributed by atoms with van der Waals surface area (Å²) in [6, 6.07) is 16.8. The summed E-state index contributed by atoms with van der Waals surface area (Å²) < 4.78 is 4.06. The summed E-state index contributed by atoms with van der Waals surface area (Å²) in [4.78, 5) is 33.8. The van der Waals surface area contributed by atoms with Gasteiger partial charge in [-0.1, -0.05) is 70.2 Å². The molecule has 0 aliphatic heterocycles. The van der Waals surface area contributed by atoms with Crippen molar-refractivity contribution in [3.63, 3.8) is 0 Å². The Morgan fingerprint density at radius 2 is 1.19 bits per heavy atom. The lowest BCUT2D eigenvalue weighted by atomic mass is 10.00. The Balaban J connectivity index is 1.11. The molecule has 8 nitrogen and oxygen atoms in total.